The van der Waals surface area contributed by atoms with E-state index in [1.807, 2.05) is 97.1 Å². The van der Waals surface area contributed by atoms with Gasteiger partial charge in [0.1, 0.15) is 0 Å². The van der Waals surface area contributed by atoms with Crippen LogP contribution in [0.25, 0.3) is 112 Å². The SMILES string of the molecule is c1ccc(-c2cc(-c3ccc4cc(-c5cccc(-c6ccc7cc(-c8nc(-c9ccccc9)nc(-c9ccccc9)n8)ccc7c6)c5)ccc4c3)nc(-c3ccccc3)n2)cc1. The Bertz CT molecular complexity index is 3050. The summed E-state index contributed by atoms with van der Waals surface area (Å²) >= 11 is 0. The maximum Gasteiger partial charge on any atom is 0.164 e. The van der Waals surface area contributed by atoms with E-state index in [-0.39, 0.29) is 0 Å². The highest BCUT2D eigenvalue weighted by Gasteiger charge is 2.14. The first kappa shape index (κ1) is 36.7. The van der Waals surface area contributed by atoms with Crippen molar-refractivity contribution >= 4 is 21.5 Å². The minimum absolute atomic E-state index is 0.645. The first-order valence-corrected chi connectivity index (χ1v) is 20.7. The standard InChI is InChI=1S/C57H37N5/c1-5-14-38(15-6-1)52-37-53(59-54(58-52)39-16-7-2-8-17-39)50-30-28-46-33-44(24-26-48(46)35-50)42-22-13-23-43(32-42)45-25-27-49-36-51(31-29-47(49)34-45)57-61-55(40-18-9-3-10-19-40)60-56(62-57)41-20-11-4-12-21-41/h1-37H. The second kappa shape index (κ2) is 16.0. The Hall–Kier alpha value is -8.41. The van der Waals surface area contributed by atoms with E-state index in [4.69, 9.17) is 24.9 Å². The Morgan fingerprint density at radius 3 is 0.952 bits per heavy atom. The quantitative estimate of drug-likeness (QED) is 0.153. The summed E-state index contributed by atoms with van der Waals surface area (Å²) < 4.78 is 0. The normalized spacial score (nSPS) is 11.2. The maximum atomic E-state index is 5.05. The fraction of sp³-hybridized carbons (Fsp3) is 0. The third kappa shape index (κ3) is 7.40. The van der Waals surface area contributed by atoms with Gasteiger partial charge in [0.25, 0.3) is 0 Å². The second-order valence-electron chi connectivity index (χ2n) is 15.4. The van der Waals surface area contributed by atoms with E-state index in [0.717, 1.165) is 77.6 Å². The number of rotatable bonds is 8. The van der Waals surface area contributed by atoms with Crippen LogP contribution < -0.4 is 0 Å². The molecule has 0 fully saturated rings. The summed E-state index contributed by atoms with van der Waals surface area (Å²) in [5, 5.41) is 4.59. The van der Waals surface area contributed by atoms with Crippen molar-refractivity contribution in [2.45, 2.75) is 0 Å². The Balaban J connectivity index is 0.889. The van der Waals surface area contributed by atoms with Crippen LogP contribution in [0.15, 0.2) is 224 Å². The van der Waals surface area contributed by atoms with Crippen molar-refractivity contribution in [2.75, 3.05) is 0 Å². The first-order chi connectivity index (χ1) is 30.7. The van der Waals surface area contributed by atoms with Crippen LogP contribution in [0.4, 0.5) is 0 Å². The number of aromatic nitrogens is 5. The molecule has 0 atom stereocenters. The Kier molecular flexibility index (Phi) is 9.45. The molecule has 0 aliphatic carbocycles. The van der Waals surface area contributed by atoms with E-state index >= 15 is 0 Å². The number of nitrogens with zero attached hydrogens (tertiary/aromatic N) is 5. The highest BCUT2D eigenvalue weighted by Crippen LogP contribution is 2.34. The third-order valence-electron chi connectivity index (χ3n) is 11.3. The van der Waals surface area contributed by atoms with Crippen LogP contribution in [0, 0.1) is 0 Å². The molecule has 0 saturated heterocycles. The minimum Gasteiger partial charge on any atom is -0.228 e. The number of hydrogen-bond acceptors (Lipinski definition) is 5. The topological polar surface area (TPSA) is 64.5 Å². The molecule has 0 bridgehead atoms. The molecule has 62 heavy (non-hydrogen) atoms. The van der Waals surface area contributed by atoms with Crippen molar-refractivity contribution in [1.82, 2.24) is 24.9 Å². The van der Waals surface area contributed by atoms with E-state index in [1.54, 1.807) is 0 Å². The van der Waals surface area contributed by atoms with Crippen LogP contribution in [-0.4, -0.2) is 24.9 Å². The molecule has 0 saturated carbocycles. The summed E-state index contributed by atoms with van der Waals surface area (Å²) in [6.07, 6.45) is 0. The smallest absolute Gasteiger partial charge is 0.164 e. The molecule has 2 aromatic heterocycles. The van der Waals surface area contributed by atoms with Crippen molar-refractivity contribution in [1.29, 1.82) is 0 Å². The molecule has 5 heteroatoms. The van der Waals surface area contributed by atoms with Gasteiger partial charge in [-0.1, -0.05) is 188 Å². The molecule has 0 aliphatic rings. The average molecular weight is 792 g/mol. The zero-order valence-electron chi connectivity index (χ0n) is 33.6. The van der Waals surface area contributed by atoms with E-state index in [0.29, 0.717) is 23.3 Å². The maximum absolute atomic E-state index is 5.05. The third-order valence-corrected chi connectivity index (χ3v) is 11.3. The molecule has 0 radical (unpaired) electrons. The first-order valence-electron chi connectivity index (χ1n) is 20.7. The zero-order chi connectivity index (χ0) is 41.2. The number of fused-ring (bicyclic) bond motifs is 2. The largest absolute Gasteiger partial charge is 0.228 e. The number of benzene rings is 9. The van der Waals surface area contributed by atoms with Crippen molar-refractivity contribution in [3.05, 3.63) is 224 Å². The highest BCUT2D eigenvalue weighted by atomic mass is 15.0. The molecule has 0 aliphatic heterocycles. The molecule has 2 heterocycles. The average Bonchev–Trinajstić information content (AvgIpc) is 3.36. The van der Waals surface area contributed by atoms with Crippen LogP contribution in [0.5, 0.6) is 0 Å². The van der Waals surface area contributed by atoms with E-state index in [9.17, 15) is 0 Å². The van der Waals surface area contributed by atoms with Crippen molar-refractivity contribution < 1.29 is 0 Å². The van der Waals surface area contributed by atoms with Crippen LogP contribution in [0.3, 0.4) is 0 Å². The zero-order valence-corrected chi connectivity index (χ0v) is 33.6. The fourth-order valence-corrected chi connectivity index (χ4v) is 8.03. The van der Waals surface area contributed by atoms with E-state index in [1.165, 1.54) is 10.9 Å². The molecular formula is C57H37N5. The lowest BCUT2D eigenvalue weighted by molar-refractivity contribution is 1.07. The lowest BCUT2D eigenvalue weighted by Gasteiger charge is -2.11. The van der Waals surface area contributed by atoms with Gasteiger partial charge in [0.05, 0.1) is 11.4 Å². The van der Waals surface area contributed by atoms with Gasteiger partial charge in [0.15, 0.2) is 23.3 Å². The molecule has 11 aromatic rings. The van der Waals surface area contributed by atoms with Gasteiger partial charge in [-0.3, -0.25) is 0 Å². The molecule has 9 aromatic carbocycles. The van der Waals surface area contributed by atoms with Crippen LogP contribution in [-0.2, 0) is 0 Å². The Morgan fingerprint density at radius 1 is 0.177 bits per heavy atom. The number of hydrogen-bond donors (Lipinski definition) is 0. The van der Waals surface area contributed by atoms with Crippen molar-refractivity contribution in [3.63, 3.8) is 0 Å². The summed E-state index contributed by atoms with van der Waals surface area (Å²) in [6.45, 7) is 0. The predicted molar refractivity (Wildman–Crippen MR) is 254 cm³/mol. The second-order valence-corrected chi connectivity index (χ2v) is 15.4. The van der Waals surface area contributed by atoms with Crippen LogP contribution in [0.1, 0.15) is 0 Å². The summed E-state index contributed by atoms with van der Waals surface area (Å²) in [6, 6.07) is 77.9. The highest BCUT2D eigenvalue weighted by molar-refractivity contribution is 5.93. The molecule has 290 valence electrons. The lowest BCUT2D eigenvalue weighted by Crippen LogP contribution is -2.00. The molecule has 5 nitrogen and oxygen atoms in total. The van der Waals surface area contributed by atoms with Crippen LogP contribution in [0.2, 0.25) is 0 Å². The van der Waals surface area contributed by atoms with Gasteiger partial charge < -0.3 is 0 Å². The van der Waals surface area contributed by atoms with Crippen molar-refractivity contribution in [3.8, 4) is 90.3 Å². The van der Waals surface area contributed by atoms with Crippen LogP contribution >= 0.6 is 0 Å². The summed E-state index contributed by atoms with van der Waals surface area (Å²) in [4.78, 5) is 24.8. The molecule has 0 amide bonds. The monoisotopic (exact) mass is 791 g/mol. The van der Waals surface area contributed by atoms with E-state index < -0.39 is 0 Å². The molecule has 0 unspecified atom stereocenters. The van der Waals surface area contributed by atoms with Gasteiger partial charge in [0, 0.05) is 33.4 Å². The molecule has 0 spiro atoms. The Morgan fingerprint density at radius 2 is 0.484 bits per heavy atom. The van der Waals surface area contributed by atoms with Gasteiger partial charge in [0.2, 0.25) is 0 Å². The molecular weight excluding hydrogens is 755 g/mol. The minimum atomic E-state index is 0.645. The lowest BCUT2D eigenvalue weighted by atomic mass is 9.95. The summed E-state index contributed by atoms with van der Waals surface area (Å²) in [5.41, 5.74) is 12.4. The molecule has 11 rings (SSSR count). The van der Waals surface area contributed by atoms with E-state index in [2.05, 4.69) is 127 Å². The van der Waals surface area contributed by atoms with Crippen molar-refractivity contribution in [2.24, 2.45) is 0 Å². The summed E-state index contributed by atoms with van der Waals surface area (Å²) in [5.74, 6) is 2.66. The van der Waals surface area contributed by atoms with Gasteiger partial charge in [-0.25, -0.2) is 24.9 Å². The fourth-order valence-electron chi connectivity index (χ4n) is 8.03. The van der Waals surface area contributed by atoms with Gasteiger partial charge in [-0.05, 0) is 80.2 Å². The summed E-state index contributed by atoms with van der Waals surface area (Å²) in [7, 11) is 0. The Labute approximate surface area is 359 Å². The van der Waals surface area contributed by atoms with Gasteiger partial charge in [-0.2, -0.15) is 0 Å². The van der Waals surface area contributed by atoms with Gasteiger partial charge in [-0.15, -0.1) is 0 Å². The van der Waals surface area contributed by atoms with Gasteiger partial charge >= 0.3 is 0 Å². The predicted octanol–water partition coefficient (Wildman–Crippen LogP) is 14.3. The molecule has 0 N–H and O–H groups in total.